The van der Waals surface area contributed by atoms with Crippen LogP contribution in [0.1, 0.15) is 26.7 Å². The minimum absolute atomic E-state index is 0.0377. The molecule has 4 heteroatoms. The topological polar surface area (TPSA) is 74.6 Å². The molecule has 0 bridgehead atoms. The average Bonchev–Trinajstić information content (AvgIpc) is 1.96. The van der Waals surface area contributed by atoms with Crippen molar-refractivity contribution in [3.8, 4) is 0 Å². The number of carbonyl (C=O) groups is 2. The number of carboxylic acid groups (broad SMARTS) is 2. The predicted molar refractivity (Wildman–Crippen MR) is 45.3 cm³/mol. The van der Waals surface area contributed by atoms with E-state index in [4.69, 9.17) is 10.2 Å². The molecule has 4 nitrogen and oxygen atoms in total. The first kappa shape index (κ1) is 10.0. The minimum atomic E-state index is -0.913. The molecule has 74 valence electrons. The van der Waals surface area contributed by atoms with Crippen molar-refractivity contribution >= 4 is 11.9 Å². The van der Waals surface area contributed by atoms with Crippen LogP contribution in [0.2, 0.25) is 0 Å². The lowest BCUT2D eigenvalue weighted by molar-refractivity contribution is -0.160. The highest BCUT2D eigenvalue weighted by Crippen LogP contribution is 2.52. The van der Waals surface area contributed by atoms with E-state index >= 15 is 0 Å². The van der Waals surface area contributed by atoms with E-state index < -0.39 is 17.9 Å². The Bertz CT molecular complexity index is 244. The molecule has 1 saturated carbocycles. The van der Waals surface area contributed by atoms with Crippen LogP contribution in [0.5, 0.6) is 0 Å². The lowest BCUT2D eigenvalue weighted by Crippen LogP contribution is -2.48. The van der Waals surface area contributed by atoms with E-state index in [1.165, 1.54) is 0 Å². The molecule has 0 aromatic heterocycles. The number of aliphatic carboxylic acids is 2. The van der Waals surface area contributed by atoms with Gasteiger partial charge in [0, 0.05) is 6.42 Å². The summed E-state index contributed by atoms with van der Waals surface area (Å²) in [4.78, 5) is 21.1. The van der Waals surface area contributed by atoms with Crippen molar-refractivity contribution in [2.24, 2.45) is 17.3 Å². The third-order valence-corrected chi connectivity index (χ3v) is 2.95. The molecule has 2 atom stereocenters. The molecule has 0 saturated heterocycles. The summed E-state index contributed by atoms with van der Waals surface area (Å²) < 4.78 is 0. The Hall–Kier alpha value is -1.06. The summed E-state index contributed by atoms with van der Waals surface area (Å²) in [6.45, 7) is 3.83. The lowest BCUT2D eigenvalue weighted by atomic mass is 9.54. The van der Waals surface area contributed by atoms with Gasteiger partial charge in [0.2, 0.25) is 0 Å². The molecule has 2 N–H and O–H groups in total. The van der Waals surface area contributed by atoms with Gasteiger partial charge in [0.05, 0.1) is 5.92 Å². The Morgan fingerprint density at radius 2 is 1.92 bits per heavy atom. The summed E-state index contributed by atoms with van der Waals surface area (Å²) >= 11 is 0. The van der Waals surface area contributed by atoms with Crippen LogP contribution in [0.15, 0.2) is 0 Å². The monoisotopic (exact) mass is 186 g/mol. The molecule has 1 fully saturated rings. The first-order valence-electron chi connectivity index (χ1n) is 4.29. The van der Waals surface area contributed by atoms with Gasteiger partial charge >= 0.3 is 11.9 Å². The fourth-order valence-electron chi connectivity index (χ4n) is 2.11. The van der Waals surface area contributed by atoms with Crippen LogP contribution >= 0.6 is 0 Å². The third kappa shape index (κ3) is 1.82. The van der Waals surface area contributed by atoms with E-state index in [1.54, 1.807) is 0 Å². The highest BCUT2D eigenvalue weighted by Gasteiger charge is 2.51. The second-order valence-electron chi connectivity index (χ2n) is 4.34. The van der Waals surface area contributed by atoms with Gasteiger partial charge in [-0.1, -0.05) is 13.8 Å². The average molecular weight is 186 g/mol. The molecule has 13 heavy (non-hydrogen) atoms. The van der Waals surface area contributed by atoms with Crippen molar-refractivity contribution in [1.82, 2.24) is 0 Å². The summed E-state index contributed by atoms with van der Waals surface area (Å²) in [6, 6.07) is 0. The molecule has 0 aliphatic heterocycles. The van der Waals surface area contributed by atoms with Crippen molar-refractivity contribution in [2.45, 2.75) is 26.7 Å². The Kier molecular flexibility index (Phi) is 2.32. The van der Waals surface area contributed by atoms with Crippen molar-refractivity contribution in [1.29, 1.82) is 0 Å². The summed E-state index contributed by atoms with van der Waals surface area (Å²) in [5.41, 5.74) is -0.137. The summed E-state index contributed by atoms with van der Waals surface area (Å²) in [5.74, 6) is -2.47. The molecule has 2 unspecified atom stereocenters. The molecule has 0 aromatic carbocycles. The summed E-state index contributed by atoms with van der Waals surface area (Å²) in [6.07, 6.45) is 0.546. The molecule has 0 spiro atoms. The number of carboxylic acids is 2. The van der Waals surface area contributed by atoms with Gasteiger partial charge in [-0.2, -0.15) is 0 Å². The van der Waals surface area contributed by atoms with E-state index in [2.05, 4.69) is 0 Å². The molecule has 0 heterocycles. The maximum absolute atomic E-state index is 10.7. The van der Waals surface area contributed by atoms with Crippen LogP contribution < -0.4 is 0 Å². The second kappa shape index (κ2) is 3.01. The molecule has 0 amide bonds. The number of hydrogen-bond donors (Lipinski definition) is 2. The molecular formula is C9H14O4. The molecule has 1 rings (SSSR count). The summed E-state index contributed by atoms with van der Waals surface area (Å²) in [7, 11) is 0. The van der Waals surface area contributed by atoms with Gasteiger partial charge in [-0.15, -0.1) is 0 Å². The van der Waals surface area contributed by atoms with Crippen LogP contribution in [0.3, 0.4) is 0 Å². The van der Waals surface area contributed by atoms with E-state index in [0.717, 1.165) is 0 Å². The molecular weight excluding hydrogens is 172 g/mol. The van der Waals surface area contributed by atoms with E-state index in [9.17, 15) is 9.59 Å². The zero-order chi connectivity index (χ0) is 10.2. The fourth-order valence-corrected chi connectivity index (χ4v) is 2.11. The van der Waals surface area contributed by atoms with Crippen LogP contribution in [-0.2, 0) is 9.59 Å². The van der Waals surface area contributed by atoms with E-state index in [1.807, 2.05) is 13.8 Å². The molecule has 1 aliphatic rings. The zero-order valence-corrected chi connectivity index (χ0v) is 7.78. The van der Waals surface area contributed by atoms with Gasteiger partial charge in [0.1, 0.15) is 0 Å². The highest BCUT2D eigenvalue weighted by molar-refractivity contribution is 5.74. The van der Waals surface area contributed by atoms with Crippen molar-refractivity contribution in [3.05, 3.63) is 0 Å². The largest absolute Gasteiger partial charge is 0.481 e. The van der Waals surface area contributed by atoms with Crippen LogP contribution in [0.25, 0.3) is 0 Å². The predicted octanol–water partition coefficient (Wildman–Crippen LogP) is 1.21. The second-order valence-corrected chi connectivity index (χ2v) is 4.34. The Morgan fingerprint density at radius 3 is 2.23 bits per heavy atom. The van der Waals surface area contributed by atoms with Gasteiger partial charge in [0.25, 0.3) is 0 Å². The quantitative estimate of drug-likeness (QED) is 0.694. The third-order valence-electron chi connectivity index (χ3n) is 2.95. The van der Waals surface area contributed by atoms with E-state index in [0.29, 0.717) is 6.42 Å². The van der Waals surface area contributed by atoms with Crippen LogP contribution in [-0.4, -0.2) is 22.2 Å². The number of rotatable bonds is 3. The van der Waals surface area contributed by atoms with Crippen molar-refractivity contribution in [3.63, 3.8) is 0 Å². The smallest absolute Gasteiger partial charge is 0.306 e. The molecule has 1 aliphatic carbocycles. The highest BCUT2D eigenvalue weighted by atomic mass is 16.4. The number of hydrogen-bond acceptors (Lipinski definition) is 2. The SMILES string of the molecule is CC1(C)CC(C(=O)O)C1CC(=O)O. The standard InChI is InChI=1S/C9H14O4/c1-9(2)4-5(8(12)13)6(9)3-7(10)11/h5-6H,3-4H2,1-2H3,(H,10,11)(H,12,13). The Balaban J connectivity index is 2.65. The molecule has 0 aromatic rings. The van der Waals surface area contributed by atoms with Gasteiger partial charge in [0.15, 0.2) is 0 Å². The Labute approximate surface area is 76.6 Å². The molecule has 0 radical (unpaired) electrons. The normalized spacial score (nSPS) is 30.6. The lowest BCUT2D eigenvalue weighted by Gasteiger charge is -2.48. The van der Waals surface area contributed by atoms with Gasteiger partial charge in [-0.25, -0.2) is 0 Å². The Morgan fingerprint density at radius 1 is 1.38 bits per heavy atom. The van der Waals surface area contributed by atoms with Gasteiger partial charge in [-0.05, 0) is 17.8 Å². The zero-order valence-electron chi connectivity index (χ0n) is 7.78. The van der Waals surface area contributed by atoms with Crippen molar-refractivity contribution in [2.75, 3.05) is 0 Å². The van der Waals surface area contributed by atoms with Crippen molar-refractivity contribution < 1.29 is 19.8 Å². The fraction of sp³-hybridized carbons (Fsp3) is 0.778. The van der Waals surface area contributed by atoms with Gasteiger partial charge in [-0.3, -0.25) is 9.59 Å². The first-order valence-corrected chi connectivity index (χ1v) is 4.29. The van der Waals surface area contributed by atoms with Crippen LogP contribution in [0.4, 0.5) is 0 Å². The minimum Gasteiger partial charge on any atom is -0.481 e. The maximum Gasteiger partial charge on any atom is 0.306 e. The van der Waals surface area contributed by atoms with Crippen LogP contribution in [0, 0.1) is 17.3 Å². The summed E-state index contributed by atoms with van der Waals surface area (Å²) in [5, 5.41) is 17.3. The first-order chi connectivity index (χ1) is 5.84. The maximum atomic E-state index is 10.7. The van der Waals surface area contributed by atoms with Gasteiger partial charge < -0.3 is 10.2 Å². The van der Waals surface area contributed by atoms with E-state index in [-0.39, 0.29) is 17.8 Å².